The van der Waals surface area contributed by atoms with Crippen molar-refractivity contribution in [1.82, 2.24) is 10.6 Å². The molecule has 2 N–H and O–H groups in total. The van der Waals surface area contributed by atoms with E-state index in [0.717, 1.165) is 6.54 Å². The molecule has 1 aromatic carbocycles. The summed E-state index contributed by atoms with van der Waals surface area (Å²) in [6.45, 7) is 4.56. The van der Waals surface area contributed by atoms with Gasteiger partial charge in [-0.1, -0.05) is 43.7 Å². The van der Waals surface area contributed by atoms with Gasteiger partial charge in [0.2, 0.25) is 0 Å². The molecule has 0 radical (unpaired) electrons. The number of benzene rings is 1. The lowest BCUT2D eigenvalue weighted by Crippen LogP contribution is -2.44. The standard InChI is InChI=1S/C15H24N2/c1-2-7-15(13-8-4-3-5-9-13)17-14-10-6-11-16-12-14/h3-5,8-9,14-17H,2,6-7,10-12H2,1H3. The van der Waals surface area contributed by atoms with E-state index < -0.39 is 0 Å². The number of rotatable bonds is 5. The van der Waals surface area contributed by atoms with Crippen LogP contribution in [0.5, 0.6) is 0 Å². The van der Waals surface area contributed by atoms with Gasteiger partial charge in [-0.2, -0.15) is 0 Å². The van der Waals surface area contributed by atoms with Gasteiger partial charge in [0.05, 0.1) is 0 Å². The van der Waals surface area contributed by atoms with Gasteiger partial charge >= 0.3 is 0 Å². The van der Waals surface area contributed by atoms with E-state index in [-0.39, 0.29) is 0 Å². The van der Waals surface area contributed by atoms with Crippen LogP contribution in [0.25, 0.3) is 0 Å². The molecule has 2 atom stereocenters. The van der Waals surface area contributed by atoms with Crippen molar-refractivity contribution in [3.63, 3.8) is 0 Å². The Bertz CT molecular complexity index is 304. The SMILES string of the molecule is CCCC(NC1CCCNC1)c1ccccc1. The first kappa shape index (κ1) is 12.6. The molecule has 2 rings (SSSR count). The Morgan fingerprint density at radius 3 is 2.82 bits per heavy atom. The minimum Gasteiger partial charge on any atom is -0.315 e. The zero-order valence-corrected chi connectivity index (χ0v) is 10.8. The van der Waals surface area contributed by atoms with Gasteiger partial charge in [-0.3, -0.25) is 0 Å². The van der Waals surface area contributed by atoms with Crippen LogP contribution in [0.3, 0.4) is 0 Å². The van der Waals surface area contributed by atoms with E-state index in [1.165, 1.54) is 37.8 Å². The molecule has 0 aliphatic carbocycles. The monoisotopic (exact) mass is 232 g/mol. The molecule has 2 nitrogen and oxygen atoms in total. The maximum Gasteiger partial charge on any atom is 0.0323 e. The number of hydrogen-bond acceptors (Lipinski definition) is 2. The smallest absolute Gasteiger partial charge is 0.0323 e. The summed E-state index contributed by atoms with van der Waals surface area (Å²) in [6, 6.07) is 12.0. The Hall–Kier alpha value is -0.860. The molecule has 1 aliphatic heterocycles. The fourth-order valence-electron chi connectivity index (χ4n) is 2.60. The minimum absolute atomic E-state index is 0.520. The maximum atomic E-state index is 3.81. The highest BCUT2D eigenvalue weighted by atomic mass is 15.0. The average molecular weight is 232 g/mol. The third-order valence-electron chi connectivity index (χ3n) is 3.51. The largest absolute Gasteiger partial charge is 0.315 e. The molecule has 1 aliphatic rings. The first-order valence-electron chi connectivity index (χ1n) is 6.92. The van der Waals surface area contributed by atoms with Crippen molar-refractivity contribution in [2.75, 3.05) is 13.1 Å². The highest BCUT2D eigenvalue weighted by Gasteiger charge is 2.17. The van der Waals surface area contributed by atoms with E-state index >= 15 is 0 Å². The molecule has 1 fully saturated rings. The minimum atomic E-state index is 0.520. The zero-order valence-electron chi connectivity index (χ0n) is 10.8. The lowest BCUT2D eigenvalue weighted by atomic mass is 9.99. The number of piperidine rings is 1. The van der Waals surface area contributed by atoms with E-state index in [2.05, 4.69) is 47.9 Å². The predicted octanol–water partition coefficient (Wildman–Crippen LogP) is 2.87. The molecule has 1 aromatic rings. The van der Waals surface area contributed by atoms with Crippen molar-refractivity contribution in [2.45, 2.75) is 44.7 Å². The van der Waals surface area contributed by atoms with Gasteiger partial charge in [0.1, 0.15) is 0 Å². The summed E-state index contributed by atoms with van der Waals surface area (Å²) in [4.78, 5) is 0. The van der Waals surface area contributed by atoms with Crippen LogP contribution in [0.4, 0.5) is 0 Å². The van der Waals surface area contributed by atoms with E-state index in [1.54, 1.807) is 0 Å². The maximum absolute atomic E-state index is 3.81. The Labute approximate surface area is 105 Å². The molecule has 0 amide bonds. The van der Waals surface area contributed by atoms with Gasteiger partial charge in [-0.25, -0.2) is 0 Å². The quantitative estimate of drug-likeness (QED) is 0.815. The van der Waals surface area contributed by atoms with Gasteiger partial charge in [0, 0.05) is 18.6 Å². The first-order valence-corrected chi connectivity index (χ1v) is 6.92. The van der Waals surface area contributed by atoms with Crippen LogP contribution in [-0.2, 0) is 0 Å². The molecule has 2 unspecified atom stereocenters. The molecule has 0 aromatic heterocycles. The molecular formula is C15H24N2. The zero-order chi connectivity index (χ0) is 11.9. The summed E-state index contributed by atoms with van der Waals surface area (Å²) >= 11 is 0. The van der Waals surface area contributed by atoms with Crippen molar-refractivity contribution >= 4 is 0 Å². The second kappa shape index (κ2) is 6.77. The highest BCUT2D eigenvalue weighted by Crippen LogP contribution is 2.20. The number of hydrogen-bond donors (Lipinski definition) is 2. The average Bonchev–Trinajstić information content (AvgIpc) is 2.40. The molecule has 1 saturated heterocycles. The van der Waals surface area contributed by atoms with E-state index in [0.29, 0.717) is 12.1 Å². The molecule has 17 heavy (non-hydrogen) atoms. The van der Waals surface area contributed by atoms with Crippen LogP contribution in [0.1, 0.15) is 44.2 Å². The van der Waals surface area contributed by atoms with Gasteiger partial charge < -0.3 is 10.6 Å². The molecular weight excluding hydrogens is 208 g/mol. The van der Waals surface area contributed by atoms with Crippen LogP contribution in [0.15, 0.2) is 30.3 Å². The van der Waals surface area contributed by atoms with Gasteiger partial charge in [-0.15, -0.1) is 0 Å². The Morgan fingerprint density at radius 1 is 1.35 bits per heavy atom. The van der Waals surface area contributed by atoms with Crippen LogP contribution >= 0.6 is 0 Å². The topological polar surface area (TPSA) is 24.1 Å². The fourth-order valence-corrected chi connectivity index (χ4v) is 2.60. The molecule has 0 spiro atoms. The molecule has 2 heteroatoms. The highest BCUT2D eigenvalue weighted by molar-refractivity contribution is 5.19. The van der Waals surface area contributed by atoms with Crippen molar-refractivity contribution in [3.8, 4) is 0 Å². The second-order valence-electron chi connectivity index (χ2n) is 4.96. The van der Waals surface area contributed by atoms with E-state index in [1.807, 2.05) is 0 Å². The molecule has 0 saturated carbocycles. The third kappa shape index (κ3) is 3.83. The summed E-state index contributed by atoms with van der Waals surface area (Å²) in [5.74, 6) is 0. The van der Waals surface area contributed by atoms with Gasteiger partial charge in [-0.05, 0) is 31.4 Å². The fraction of sp³-hybridized carbons (Fsp3) is 0.600. The normalized spacial score (nSPS) is 22.3. The Kier molecular flexibility index (Phi) is 5.02. The lowest BCUT2D eigenvalue weighted by Gasteiger charge is -2.29. The Morgan fingerprint density at radius 2 is 2.18 bits per heavy atom. The summed E-state index contributed by atoms with van der Waals surface area (Å²) in [7, 11) is 0. The molecule has 94 valence electrons. The van der Waals surface area contributed by atoms with E-state index in [4.69, 9.17) is 0 Å². The van der Waals surface area contributed by atoms with Crippen LogP contribution in [0.2, 0.25) is 0 Å². The second-order valence-corrected chi connectivity index (χ2v) is 4.96. The Balaban J connectivity index is 1.96. The van der Waals surface area contributed by atoms with Crippen molar-refractivity contribution in [1.29, 1.82) is 0 Å². The molecule has 1 heterocycles. The van der Waals surface area contributed by atoms with Crippen LogP contribution in [0, 0.1) is 0 Å². The molecule has 0 bridgehead atoms. The number of nitrogens with one attached hydrogen (secondary N) is 2. The summed E-state index contributed by atoms with van der Waals surface area (Å²) in [5, 5.41) is 7.28. The summed E-state index contributed by atoms with van der Waals surface area (Å²) < 4.78 is 0. The van der Waals surface area contributed by atoms with Gasteiger partial charge in [0.25, 0.3) is 0 Å². The summed E-state index contributed by atoms with van der Waals surface area (Å²) in [6.07, 6.45) is 5.05. The lowest BCUT2D eigenvalue weighted by molar-refractivity contribution is 0.342. The van der Waals surface area contributed by atoms with Crippen molar-refractivity contribution in [3.05, 3.63) is 35.9 Å². The van der Waals surface area contributed by atoms with Crippen LogP contribution in [-0.4, -0.2) is 19.1 Å². The van der Waals surface area contributed by atoms with Gasteiger partial charge in [0.15, 0.2) is 0 Å². The first-order chi connectivity index (χ1) is 8.40. The predicted molar refractivity (Wildman–Crippen MR) is 73.1 cm³/mol. The third-order valence-corrected chi connectivity index (χ3v) is 3.51. The van der Waals surface area contributed by atoms with Crippen LogP contribution < -0.4 is 10.6 Å². The van der Waals surface area contributed by atoms with Crippen molar-refractivity contribution in [2.24, 2.45) is 0 Å². The van der Waals surface area contributed by atoms with Crippen molar-refractivity contribution < 1.29 is 0 Å². The summed E-state index contributed by atoms with van der Waals surface area (Å²) in [5.41, 5.74) is 1.43. The van der Waals surface area contributed by atoms with E-state index in [9.17, 15) is 0 Å².